The van der Waals surface area contributed by atoms with E-state index in [9.17, 15) is 0 Å². The van der Waals surface area contributed by atoms with E-state index < -0.39 is 5.81 Å². The summed E-state index contributed by atoms with van der Waals surface area (Å²) in [4.78, 5) is 6.94. The summed E-state index contributed by atoms with van der Waals surface area (Å²) in [6.45, 7) is 0. The van der Waals surface area contributed by atoms with Crippen molar-refractivity contribution in [3.8, 4) is 0 Å². The predicted molar refractivity (Wildman–Crippen MR) is 87.3 cm³/mol. The van der Waals surface area contributed by atoms with Gasteiger partial charge in [0.05, 0.1) is 0 Å². The molecule has 0 aliphatic carbocycles. The normalized spacial score (nSPS) is 13.2. The van der Waals surface area contributed by atoms with E-state index in [1.54, 1.807) is 0 Å². The molecule has 106 valence electrons. The average Bonchev–Trinajstić information content (AvgIpc) is 2.35. The van der Waals surface area contributed by atoms with E-state index in [4.69, 9.17) is 4.99 Å². The summed E-state index contributed by atoms with van der Waals surface area (Å²) in [5, 5.41) is 0. The zero-order valence-electron chi connectivity index (χ0n) is 12.5. The van der Waals surface area contributed by atoms with Gasteiger partial charge in [0.1, 0.15) is 0 Å². The summed E-state index contributed by atoms with van der Waals surface area (Å²) in [6, 6.07) is 10.1. The van der Waals surface area contributed by atoms with Crippen molar-refractivity contribution in [3.05, 3.63) is 30.3 Å². The van der Waals surface area contributed by atoms with Crippen LogP contribution in [0.25, 0.3) is 0 Å². The van der Waals surface area contributed by atoms with E-state index >= 15 is 0 Å². The fourth-order valence-electron chi connectivity index (χ4n) is 1.76. The van der Waals surface area contributed by atoms with E-state index in [1.807, 2.05) is 44.4 Å². The molecule has 0 heterocycles. The first-order chi connectivity index (χ1) is 8.80. The summed E-state index contributed by atoms with van der Waals surface area (Å²) >= 11 is 3.38. The van der Waals surface area contributed by atoms with E-state index in [0.717, 1.165) is 11.3 Å². The quantitative estimate of drug-likeness (QED) is 0.362. The number of benzene rings is 1. The van der Waals surface area contributed by atoms with Gasteiger partial charge in [-0.15, -0.1) is 0 Å². The Morgan fingerprint density at radius 3 is 1.79 bits per heavy atom. The standard InChI is InChI=1S/C13H23N4PSe/c1-15(2)13(14-12-10-8-7-9-11-12)18(19,16(3)4)17(5)6/h7-11H,1-6H3. The Morgan fingerprint density at radius 1 is 0.947 bits per heavy atom. The van der Waals surface area contributed by atoms with E-state index in [2.05, 4.69) is 57.5 Å². The molecule has 0 saturated carbocycles. The van der Waals surface area contributed by atoms with Crippen LogP contribution >= 0.6 is 5.81 Å². The molecule has 0 saturated heterocycles. The van der Waals surface area contributed by atoms with Gasteiger partial charge in [0.2, 0.25) is 0 Å². The molecule has 0 bridgehead atoms. The average molecular weight is 345 g/mol. The van der Waals surface area contributed by atoms with Crippen molar-refractivity contribution in [2.24, 2.45) is 4.99 Å². The molecule has 1 aromatic carbocycles. The summed E-state index contributed by atoms with van der Waals surface area (Å²) in [6.07, 6.45) is 0. The van der Waals surface area contributed by atoms with Crippen molar-refractivity contribution in [1.29, 1.82) is 0 Å². The molecule has 0 unspecified atom stereocenters. The SMILES string of the molecule is CN(C)C(=Nc1ccccc1)P(=[Se])(N(C)C)N(C)C. The number of hydrogen-bond donors (Lipinski definition) is 0. The van der Waals surface area contributed by atoms with Gasteiger partial charge in [-0.3, -0.25) is 0 Å². The molecule has 1 aromatic rings. The number of para-hydroxylation sites is 1. The maximum absolute atomic E-state index is 4.85. The summed E-state index contributed by atoms with van der Waals surface area (Å²) in [5.41, 5.74) is 2.04. The van der Waals surface area contributed by atoms with Crippen LogP contribution in [0.1, 0.15) is 0 Å². The minimum atomic E-state index is -1.73. The third-order valence-electron chi connectivity index (χ3n) is 2.73. The van der Waals surface area contributed by atoms with Crippen LogP contribution in [0, 0.1) is 0 Å². The van der Waals surface area contributed by atoms with Crippen molar-refractivity contribution in [2.45, 2.75) is 0 Å². The van der Waals surface area contributed by atoms with Gasteiger partial charge in [0, 0.05) is 0 Å². The monoisotopic (exact) mass is 346 g/mol. The molecule has 0 fully saturated rings. The number of rotatable bonds is 4. The maximum atomic E-state index is 4.85. The Labute approximate surface area is 124 Å². The summed E-state index contributed by atoms with van der Waals surface area (Å²) in [5.74, 6) is -1.73. The molecule has 0 N–H and O–H groups in total. The Bertz CT molecular complexity index is 471. The summed E-state index contributed by atoms with van der Waals surface area (Å²) in [7, 11) is 12.5. The van der Waals surface area contributed by atoms with Gasteiger partial charge in [-0.05, 0) is 0 Å². The number of amidine groups is 1. The first kappa shape index (κ1) is 16.6. The van der Waals surface area contributed by atoms with Crippen LogP contribution in [0.5, 0.6) is 0 Å². The van der Waals surface area contributed by atoms with Crippen molar-refractivity contribution < 1.29 is 0 Å². The van der Waals surface area contributed by atoms with Gasteiger partial charge in [0.15, 0.2) is 0 Å². The first-order valence-corrected chi connectivity index (χ1v) is 9.98. The number of hydrogen-bond acceptors (Lipinski definition) is 3. The third-order valence-corrected chi connectivity index (χ3v) is 11.1. The van der Waals surface area contributed by atoms with Crippen LogP contribution in [-0.4, -0.2) is 77.2 Å². The fraction of sp³-hybridized carbons (Fsp3) is 0.462. The Kier molecular flexibility index (Phi) is 5.97. The molecule has 0 aromatic heterocycles. The molecule has 0 amide bonds. The Balaban J connectivity index is 3.36. The second-order valence-electron chi connectivity index (χ2n) is 4.88. The Hall–Kier alpha value is -0.441. The van der Waals surface area contributed by atoms with Gasteiger partial charge in [0.25, 0.3) is 0 Å². The van der Waals surface area contributed by atoms with Crippen molar-refractivity contribution in [3.63, 3.8) is 0 Å². The Morgan fingerprint density at radius 2 is 1.42 bits per heavy atom. The zero-order chi connectivity index (χ0) is 14.6. The number of nitrogens with zero attached hydrogens (tertiary/aromatic N) is 4. The molecule has 4 nitrogen and oxygen atoms in total. The molecule has 0 aliphatic heterocycles. The van der Waals surface area contributed by atoms with E-state index in [0.29, 0.717) is 0 Å². The first-order valence-electron chi connectivity index (χ1n) is 6.07. The topological polar surface area (TPSA) is 22.1 Å². The van der Waals surface area contributed by atoms with Crippen LogP contribution in [0.4, 0.5) is 5.69 Å². The van der Waals surface area contributed by atoms with Crippen LogP contribution in [0.3, 0.4) is 0 Å². The van der Waals surface area contributed by atoms with Gasteiger partial charge >= 0.3 is 124 Å². The van der Waals surface area contributed by atoms with Crippen LogP contribution in [0.15, 0.2) is 35.3 Å². The minimum absolute atomic E-state index is 0.981. The number of aliphatic imine (C=N–C) groups is 1. The molecule has 1 rings (SSSR count). The van der Waals surface area contributed by atoms with Crippen molar-refractivity contribution in [2.75, 3.05) is 42.3 Å². The molecule has 0 radical (unpaired) electrons. The van der Waals surface area contributed by atoms with Crippen molar-refractivity contribution in [1.82, 2.24) is 14.2 Å². The molecular formula is C13H23N4PSe. The molecular weight excluding hydrogens is 322 g/mol. The molecule has 0 aliphatic rings. The predicted octanol–water partition coefficient (Wildman–Crippen LogP) is 2.29. The second kappa shape index (κ2) is 6.83. The molecule has 6 heteroatoms. The molecule has 19 heavy (non-hydrogen) atoms. The molecule has 0 atom stereocenters. The van der Waals surface area contributed by atoms with Crippen LogP contribution in [-0.2, 0) is 0 Å². The zero-order valence-corrected chi connectivity index (χ0v) is 15.1. The van der Waals surface area contributed by atoms with E-state index in [-0.39, 0.29) is 0 Å². The van der Waals surface area contributed by atoms with Gasteiger partial charge in [-0.25, -0.2) is 0 Å². The third kappa shape index (κ3) is 3.77. The fourth-order valence-corrected chi connectivity index (χ4v) is 5.24. The van der Waals surface area contributed by atoms with Crippen LogP contribution < -0.4 is 0 Å². The summed E-state index contributed by atoms with van der Waals surface area (Å²) < 4.78 is 4.46. The molecule has 0 spiro atoms. The van der Waals surface area contributed by atoms with Gasteiger partial charge in [-0.2, -0.15) is 0 Å². The van der Waals surface area contributed by atoms with Gasteiger partial charge in [-0.1, -0.05) is 0 Å². The van der Waals surface area contributed by atoms with Crippen LogP contribution in [0.2, 0.25) is 0 Å². The van der Waals surface area contributed by atoms with Crippen molar-refractivity contribution >= 4 is 32.2 Å². The van der Waals surface area contributed by atoms with E-state index in [1.165, 1.54) is 0 Å². The van der Waals surface area contributed by atoms with Gasteiger partial charge < -0.3 is 0 Å². The second-order valence-corrected chi connectivity index (χ2v) is 11.2.